The van der Waals surface area contributed by atoms with E-state index in [0.29, 0.717) is 12.6 Å². The van der Waals surface area contributed by atoms with Gasteiger partial charge in [0.05, 0.1) is 6.10 Å². The lowest BCUT2D eigenvalue weighted by molar-refractivity contribution is 0.167. The molecule has 1 saturated heterocycles. The number of rotatable bonds is 5. The molecule has 134 valence electrons. The third-order valence-electron chi connectivity index (χ3n) is 4.63. The van der Waals surface area contributed by atoms with Gasteiger partial charge in [-0.05, 0) is 50.5 Å². The van der Waals surface area contributed by atoms with Gasteiger partial charge in [-0.1, -0.05) is 12.1 Å². The van der Waals surface area contributed by atoms with Crippen molar-refractivity contribution in [2.45, 2.75) is 38.8 Å². The minimum Gasteiger partial charge on any atom is -0.508 e. The Bertz CT molecular complexity index is 677. The molecule has 25 heavy (non-hydrogen) atoms. The quantitative estimate of drug-likeness (QED) is 0.772. The number of piperidine rings is 1. The molecule has 1 aromatic carbocycles. The zero-order chi connectivity index (χ0) is 17.8. The number of hydrogen-bond acceptors (Lipinski definition) is 6. The summed E-state index contributed by atoms with van der Waals surface area (Å²) in [4.78, 5) is 11.3. The van der Waals surface area contributed by atoms with Gasteiger partial charge < -0.3 is 20.4 Å². The van der Waals surface area contributed by atoms with Crippen molar-refractivity contribution in [3.63, 3.8) is 0 Å². The fourth-order valence-corrected chi connectivity index (χ4v) is 3.22. The Labute approximate surface area is 148 Å². The molecule has 0 bridgehead atoms. The van der Waals surface area contributed by atoms with Crippen LogP contribution in [0.2, 0.25) is 0 Å². The molecule has 1 atom stereocenters. The Morgan fingerprint density at radius 3 is 2.32 bits per heavy atom. The zero-order valence-electron chi connectivity index (χ0n) is 14.8. The fraction of sp³-hybridized carbons (Fsp3) is 0.474. The summed E-state index contributed by atoms with van der Waals surface area (Å²) in [6, 6.07) is 9.07. The van der Waals surface area contributed by atoms with Crippen molar-refractivity contribution in [3.05, 3.63) is 47.3 Å². The van der Waals surface area contributed by atoms with Crippen LogP contribution in [0.3, 0.4) is 0 Å². The van der Waals surface area contributed by atoms with Gasteiger partial charge in [-0.3, -0.25) is 0 Å². The second-order valence-electron chi connectivity index (χ2n) is 6.73. The number of nitrogens with zero attached hydrogens (tertiary/aromatic N) is 3. The number of aliphatic hydroxyl groups excluding tert-OH is 1. The molecule has 0 aliphatic carbocycles. The van der Waals surface area contributed by atoms with Gasteiger partial charge in [0.15, 0.2) is 0 Å². The second-order valence-corrected chi connectivity index (χ2v) is 6.73. The molecule has 1 fully saturated rings. The van der Waals surface area contributed by atoms with E-state index in [2.05, 4.69) is 20.2 Å². The van der Waals surface area contributed by atoms with Crippen LogP contribution in [0, 0.1) is 13.8 Å². The first-order valence-electron chi connectivity index (χ1n) is 8.79. The summed E-state index contributed by atoms with van der Waals surface area (Å²) in [5.41, 5.74) is 2.81. The Hall–Kier alpha value is -2.18. The van der Waals surface area contributed by atoms with E-state index in [1.165, 1.54) is 0 Å². The van der Waals surface area contributed by atoms with E-state index in [0.717, 1.165) is 48.8 Å². The summed E-state index contributed by atoms with van der Waals surface area (Å²) in [7, 11) is 0. The van der Waals surface area contributed by atoms with E-state index in [4.69, 9.17) is 0 Å². The van der Waals surface area contributed by atoms with Crippen molar-refractivity contribution < 1.29 is 10.2 Å². The van der Waals surface area contributed by atoms with Gasteiger partial charge in [-0.25, -0.2) is 9.97 Å². The number of anilines is 1. The molecule has 1 aliphatic rings. The van der Waals surface area contributed by atoms with Crippen LogP contribution in [0.25, 0.3) is 0 Å². The van der Waals surface area contributed by atoms with E-state index in [1.54, 1.807) is 24.3 Å². The molecule has 0 saturated carbocycles. The number of aromatic hydroxyl groups is 1. The molecule has 2 aromatic rings. The van der Waals surface area contributed by atoms with Crippen molar-refractivity contribution in [1.82, 2.24) is 15.3 Å². The van der Waals surface area contributed by atoms with E-state index < -0.39 is 6.10 Å². The van der Waals surface area contributed by atoms with Gasteiger partial charge in [-0.2, -0.15) is 0 Å². The highest BCUT2D eigenvalue weighted by molar-refractivity contribution is 5.33. The van der Waals surface area contributed by atoms with E-state index >= 15 is 0 Å². The predicted molar refractivity (Wildman–Crippen MR) is 97.8 cm³/mol. The SMILES string of the molecule is Cc1cc(C)nc(N2CCC(NCC(O)c3ccc(O)cc3)CC2)n1. The minimum atomic E-state index is -0.568. The first-order valence-corrected chi connectivity index (χ1v) is 8.79. The fourth-order valence-electron chi connectivity index (χ4n) is 3.22. The summed E-state index contributed by atoms with van der Waals surface area (Å²) < 4.78 is 0. The smallest absolute Gasteiger partial charge is 0.225 e. The van der Waals surface area contributed by atoms with Gasteiger partial charge in [-0.15, -0.1) is 0 Å². The first kappa shape index (κ1) is 17.6. The summed E-state index contributed by atoms with van der Waals surface area (Å²) in [6.45, 7) is 6.33. The second kappa shape index (κ2) is 7.80. The van der Waals surface area contributed by atoms with Gasteiger partial charge in [0.2, 0.25) is 5.95 Å². The van der Waals surface area contributed by atoms with Crippen LogP contribution in [-0.2, 0) is 0 Å². The highest BCUT2D eigenvalue weighted by atomic mass is 16.3. The van der Waals surface area contributed by atoms with Crippen molar-refractivity contribution in [2.24, 2.45) is 0 Å². The average Bonchev–Trinajstić information content (AvgIpc) is 2.60. The topological polar surface area (TPSA) is 81.5 Å². The first-order chi connectivity index (χ1) is 12.0. The number of aryl methyl sites for hydroxylation is 2. The zero-order valence-corrected chi connectivity index (χ0v) is 14.8. The number of aliphatic hydroxyl groups is 1. The summed E-state index contributed by atoms with van der Waals surface area (Å²) in [5.74, 6) is 1.03. The summed E-state index contributed by atoms with van der Waals surface area (Å²) in [5, 5.41) is 23.0. The minimum absolute atomic E-state index is 0.213. The number of aromatic nitrogens is 2. The molecule has 0 amide bonds. The number of phenols is 1. The Balaban J connectivity index is 1.48. The number of benzene rings is 1. The van der Waals surface area contributed by atoms with Crippen molar-refractivity contribution in [3.8, 4) is 5.75 Å². The number of nitrogens with one attached hydrogen (secondary N) is 1. The average molecular weight is 342 g/mol. The lowest BCUT2D eigenvalue weighted by Crippen LogP contribution is -2.44. The van der Waals surface area contributed by atoms with Crippen molar-refractivity contribution in [1.29, 1.82) is 0 Å². The van der Waals surface area contributed by atoms with Gasteiger partial charge >= 0.3 is 0 Å². The highest BCUT2D eigenvalue weighted by Crippen LogP contribution is 2.19. The number of phenolic OH excluding ortho intramolecular Hbond substituents is 1. The Kier molecular flexibility index (Phi) is 5.50. The highest BCUT2D eigenvalue weighted by Gasteiger charge is 2.21. The van der Waals surface area contributed by atoms with Gasteiger partial charge in [0.1, 0.15) is 5.75 Å². The predicted octanol–water partition coefficient (Wildman–Crippen LogP) is 2.09. The third kappa shape index (κ3) is 4.67. The van der Waals surface area contributed by atoms with Crippen LogP contribution in [-0.4, -0.2) is 45.9 Å². The summed E-state index contributed by atoms with van der Waals surface area (Å²) >= 11 is 0. The molecule has 6 nitrogen and oxygen atoms in total. The van der Waals surface area contributed by atoms with Crippen LogP contribution in [0.15, 0.2) is 30.3 Å². The van der Waals surface area contributed by atoms with E-state index in [9.17, 15) is 10.2 Å². The maximum absolute atomic E-state index is 10.3. The Morgan fingerprint density at radius 2 is 1.72 bits per heavy atom. The summed E-state index contributed by atoms with van der Waals surface area (Å²) in [6.07, 6.45) is 1.43. The standard InChI is InChI=1S/C19H26N4O2/c1-13-11-14(2)22-19(21-13)23-9-7-16(8-10-23)20-12-18(25)15-3-5-17(24)6-4-15/h3-6,11,16,18,20,24-25H,7-10,12H2,1-2H3. The van der Waals surface area contributed by atoms with Gasteiger partial charge in [0.25, 0.3) is 0 Å². The van der Waals surface area contributed by atoms with Crippen LogP contribution in [0.5, 0.6) is 5.75 Å². The van der Waals surface area contributed by atoms with Gasteiger partial charge in [0, 0.05) is 37.1 Å². The maximum Gasteiger partial charge on any atom is 0.225 e. The molecule has 3 N–H and O–H groups in total. The van der Waals surface area contributed by atoms with Crippen LogP contribution in [0.4, 0.5) is 5.95 Å². The normalized spacial score (nSPS) is 16.8. The molecular formula is C19H26N4O2. The molecule has 6 heteroatoms. The molecule has 0 radical (unpaired) electrons. The van der Waals surface area contributed by atoms with E-state index in [-0.39, 0.29) is 5.75 Å². The van der Waals surface area contributed by atoms with E-state index in [1.807, 2.05) is 19.9 Å². The molecule has 2 heterocycles. The van der Waals surface area contributed by atoms with Crippen LogP contribution >= 0.6 is 0 Å². The number of hydrogen-bond donors (Lipinski definition) is 3. The molecule has 0 spiro atoms. The molecular weight excluding hydrogens is 316 g/mol. The van der Waals surface area contributed by atoms with Crippen LogP contribution < -0.4 is 10.2 Å². The Morgan fingerprint density at radius 1 is 1.12 bits per heavy atom. The van der Waals surface area contributed by atoms with Crippen LogP contribution in [0.1, 0.15) is 35.9 Å². The molecule has 1 aliphatic heterocycles. The van der Waals surface area contributed by atoms with Crippen molar-refractivity contribution in [2.75, 3.05) is 24.5 Å². The maximum atomic E-state index is 10.3. The lowest BCUT2D eigenvalue weighted by Gasteiger charge is -2.33. The molecule has 3 rings (SSSR count). The lowest BCUT2D eigenvalue weighted by atomic mass is 10.0. The largest absolute Gasteiger partial charge is 0.508 e. The molecule has 1 unspecified atom stereocenters. The van der Waals surface area contributed by atoms with Crippen molar-refractivity contribution >= 4 is 5.95 Å². The monoisotopic (exact) mass is 342 g/mol. The molecule has 1 aromatic heterocycles. The third-order valence-corrected chi connectivity index (χ3v) is 4.63.